The Morgan fingerprint density at radius 3 is 2.50 bits per heavy atom. The fourth-order valence-electron chi connectivity index (χ4n) is 2.18. The van der Waals surface area contributed by atoms with E-state index in [4.69, 9.17) is 4.74 Å². The molecule has 0 radical (unpaired) electrons. The van der Waals surface area contributed by atoms with Gasteiger partial charge in [-0.2, -0.15) is 4.57 Å². The van der Waals surface area contributed by atoms with Gasteiger partial charge in [0, 0.05) is 6.08 Å². The molecule has 3 nitrogen and oxygen atoms in total. The Kier molecular flexibility index (Phi) is 5.42. The van der Waals surface area contributed by atoms with Gasteiger partial charge in [0.05, 0.1) is 13.2 Å². The van der Waals surface area contributed by atoms with Gasteiger partial charge in [-0.1, -0.05) is 23.5 Å². The van der Waals surface area contributed by atoms with Crippen LogP contribution in [0.3, 0.4) is 0 Å². The third-order valence-corrected chi connectivity index (χ3v) is 4.57. The van der Waals surface area contributed by atoms with Crippen LogP contribution in [0.1, 0.15) is 10.6 Å². The quantitative estimate of drug-likeness (QED) is 0.493. The van der Waals surface area contributed by atoms with E-state index in [-0.39, 0.29) is 24.0 Å². The normalized spacial score (nSPS) is 10.8. The van der Waals surface area contributed by atoms with Crippen molar-refractivity contribution in [3.05, 3.63) is 53.0 Å². The lowest BCUT2D eigenvalue weighted by Crippen LogP contribution is -3.00. The summed E-state index contributed by atoms with van der Waals surface area (Å²) in [5.41, 5.74) is 2.16. The number of benzene rings is 2. The second-order valence-electron chi connectivity index (χ2n) is 4.76. The Bertz CT molecular complexity index is 809. The van der Waals surface area contributed by atoms with Crippen molar-refractivity contribution in [1.82, 2.24) is 0 Å². The van der Waals surface area contributed by atoms with Crippen LogP contribution in [-0.2, 0) is 7.05 Å². The molecular weight excluding hydrogens is 409 g/mol. The van der Waals surface area contributed by atoms with Crippen LogP contribution < -0.4 is 33.3 Å². The predicted octanol–water partition coefficient (Wildman–Crippen LogP) is 0.614. The topological polar surface area (TPSA) is 33.3 Å². The fraction of sp³-hybridized carbons (Fsp3) is 0.118. The molecule has 1 N–H and O–H groups in total. The summed E-state index contributed by atoms with van der Waals surface area (Å²) < 4.78 is 8.39. The Morgan fingerprint density at radius 1 is 1.09 bits per heavy atom. The first-order valence-electron chi connectivity index (χ1n) is 6.61. The molecule has 0 saturated carbocycles. The van der Waals surface area contributed by atoms with Gasteiger partial charge in [0.15, 0.2) is 0 Å². The molecular formula is C17H16INO2S. The molecule has 3 rings (SSSR count). The van der Waals surface area contributed by atoms with Crippen molar-refractivity contribution < 1.29 is 38.4 Å². The molecule has 1 aromatic heterocycles. The molecule has 5 heteroatoms. The van der Waals surface area contributed by atoms with Crippen molar-refractivity contribution in [3.8, 4) is 11.5 Å². The number of phenolic OH excluding ortho intramolecular Hbond substituents is 1. The number of nitrogens with zero attached hydrogens (tertiary/aromatic N) is 1. The Labute approximate surface area is 150 Å². The van der Waals surface area contributed by atoms with Crippen LogP contribution in [0.5, 0.6) is 11.5 Å². The van der Waals surface area contributed by atoms with E-state index >= 15 is 0 Å². The molecule has 0 unspecified atom stereocenters. The summed E-state index contributed by atoms with van der Waals surface area (Å²) in [6, 6.07) is 13.4. The van der Waals surface area contributed by atoms with Gasteiger partial charge >= 0.3 is 0 Å². The van der Waals surface area contributed by atoms with Gasteiger partial charge in [-0.05, 0) is 35.9 Å². The van der Waals surface area contributed by atoms with Crippen LogP contribution in [0.2, 0.25) is 0 Å². The van der Waals surface area contributed by atoms with Gasteiger partial charge in [-0.3, -0.25) is 0 Å². The standard InChI is InChI=1S/C17H15NO2S.HI/c1-18-15-11-13(19)6-9-16(15)21-17(18)10-5-12-3-7-14(20-2)8-4-12;/h3-11H,1-2H3;1H. The lowest BCUT2D eigenvalue weighted by molar-refractivity contribution is -0.642. The monoisotopic (exact) mass is 425 g/mol. The zero-order valence-electron chi connectivity index (χ0n) is 12.3. The number of fused-ring (bicyclic) bond motifs is 1. The van der Waals surface area contributed by atoms with Crippen LogP contribution in [0.25, 0.3) is 22.4 Å². The molecule has 114 valence electrons. The van der Waals surface area contributed by atoms with Gasteiger partial charge < -0.3 is 33.8 Å². The number of methoxy groups -OCH3 is 1. The van der Waals surface area contributed by atoms with Crippen LogP contribution in [0.15, 0.2) is 42.5 Å². The maximum atomic E-state index is 9.58. The average Bonchev–Trinajstić information content (AvgIpc) is 2.82. The first-order valence-corrected chi connectivity index (χ1v) is 7.43. The number of aromatic nitrogens is 1. The van der Waals surface area contributed by atoms with Gasteiger partial charge in [-0.25, -0.2) is 0 Å². The van der Waals surface area contributed by atoms with E-state index in [9.17, 15) is 5.11 Å². The summed E-state index contributed by atoms with van der Waals surface area (Å²) >= 11 is 1.70. The number of aryl methyl sites for hydroxylation is 1. The van der Waals surface area contributed by atoms with E-state index < -0.39 is 0 Å². The molecule has 2 aromatic carbocycles. The van der Waals surface area contributed by atoms with Crippen molar-refractivity contribution in [3.63, 3.8) is 0 Å². The molecule has 0 aliphatic rings. The molecule has 0 atom stereocenters. The van der Waals surface area contributed by atoms with Crippen molar-refractivity contribution in [1.29, 1.82) is 0 Å². The minimum absolute atomic E-state index is 0. The Hall–Kier alpha value is -1.60. The van der Waals surface area contributed by atoms with Crippen LogP contribution in [-0.4, -0.2) is 12.2 Å². The molecule has 1 heterocycles. The summed E-state index contributed by atoms with van der Waals surface area (Å²) in [5.74, 6) is 1.15. The van der Waals surface area contributed by atoms with Crippen LogP contribution >= 0.6 is 11.3 Å². The molecule has 0 aliphatic carbocycles. The smallest absolute Gasteiger partial charge is 0.262 e. The van der Waals surface area contributed by atoms with Crippen molar-refractivity contribution in [2.75, 3.05) is 7.11 Å². The highest BCUT2D eigenvalue weighted by molar-refractivity contribution is 7.18. The fourth-order valence-corrected chi connectivity index (χ4v) is 3.22. The summed E-state index contributed by atoms with van der Waals surface area (Å²) in [7, 11) is 3.67. The van der Waals surface area contributed by atoms with Crippen LogP contribution in [0, 0.1) is 0 Å². The highest BCUT2D eigenvalue weighted by atomic mass is 127. The number of halogens is 1. The summed E-state index contributed by atoms with van der Waals surface area (Å²) in [6.45, 7) is 0. The molecule has 0 aliphatic heterocycles. The maximum absolute atomic E-state index is 9.58. The average molecular weight is 425 g/mol. The molecule has 0 bridgehead atoms. The van der Waals surface area contributed by atoms with Crippen molar-refractivity contribution in [2.24, 2.45) is 7.05 Å². The van der Waals surface area contributed by atoms with Crippen molar-refractivity contribution >= 4 is 33.7 Å². The second-order valence-corrected chi connectivity index (χ2v) is 5.82. The number of hydrogen-bond donors (Lipinski definition) is 1. The van der Waals surface area contributed by atoms with Gasteiger partial charge in [0.25, 0.3) is 5.01 Å². The SMILES string of the molecule is COc1ccc(C=Cc2sc3ccc(O)cc3[n+]2C)cc1.[I-]. The van der Waals surface area contributed by atoms with Gasteiger partial charge in [0.1, 0.15) is 23.2 Å². The van der Waals surface area contributed by atoms with Crippen molar-refractivity contribution in [2.45, 2.75) is 0 Å². The molecule has 0 amide bonds. The number of thiazole rings is 1. The number of hydrogen-bond acceptors (Lipinski definition) is 3. The van der Waals surface area contributed by atoms with E-state index in [0.29, 0.717) is 5.75 Å². The highest BCUT2D eigenvalue weighted by Crippen LogP contribution is 2.25. The van der Waals surface area contributed by atoms with E-state index in [1.807, 2.05) is 37.4 Å². The van der Waals surface area contributed by atoms with E-state index in [2.05, 4.69) is 16.7 Å². The van der Waals surface area contributed by atoms with Gasteiger partial charge in [-0.15, -0.1) is 0 Å². The predicted molar refractivity (Wildman–Crippen MR) is 86.6 cm³/mol. The number of ether oxygens (including phenoxy) is 1. The molecule has 22 heavy (non-hydrogen) atoms. The zero-order chi connectivity index (χ0) is 14.8. The van der Waals surface area contributed by atoms with E-state index in [0.717, 1.165) is 26.5 Å². The number of phenols is 1. The maximum Gasteiger partial charge on any atom is 0.262 e. The number of aromatic hydroxyl groups is 1. The zero-order valence-corrected chi connectivity index (χ0v) is 15.3. The second kappa shape index (κ2) is 7.11. The summed E-state index contributed by atoms with van der Waals surface area (Å²) in [5, 5.41) is 10.7. The minimum atomic E-state index is 0. The van der Waals surface area contributed by atoms with E-state index in [1.165, 1.54) is 0 Å². The lowest BCUT2D eigenvalue weighted by Gasteiger charge is -1.98. The first kappa shape index (κ1) is 16.8. The molecule has 0 saturated heterocycles. The van der Waals surface area contributed by atoms with E-state index in [1.54, 1.807) is 30.6 Å². The lowest BCUT2D eigenvalue weighted by atomic mass is 10.2. The third-order valence-electron chi connectivity index (χ3n) is 3.38. The number of rotatable bonds is 3. The summed E-state index contributed by atoms with van der Waals surface area (Å²) in [6.07, 6.45) is 4.16. The third kappa shape index (κ3) is 3.41. The summed E-state index contributed by atoms with van der Waals surface area (Å²) in [4.78, 5) is 0. The highest BCUT2D eigenvalue weighted by Gasteiger charge is 2.14. The van der Waals surface area contributed by atoms with Crippen LogP contribution in [0.4, 0.5) is 0 Å². The Morgan fingerprint density at radius 2 is 1.82 bits per heavy atom. The minimum Gasteiger partial charge on any atom is -1.00 e. The largest absolute Gasteiger partial charge is 1.00 e. The molecule has 0 spiro atoms. The Balaban J connectivity index is 0.00000176. The molecule has 0 fully saturated rings. The van der Waals surface area contributed by atoms with Gasteiger partial charge in [0.2, 0.25) is 5.52 Å². The first-order chi connectivity index (χ1) is 10.2. The molecule has 3 aromatic rings.